The fourth-order valence-electron chi connectivity index (χ4n) is 1.98. The van der Waals surface area contributed by atoms with Crippen LogP contribution in [0.2, 0.25) is 0 Å². The van der Waals surface area contributed by atoms with E-state index in [9.17, 15) is 0 Å². The van der Waals surface area contributed by atoms with E-state index in [1.807, 2.05) is 6.92 Å². The first kappa shape index (κ1) is 11.1. The van der Waals surface area contributed by atoms with Gasteiger partial charge >= 0.3 is 0 Å². The molecule has 0 aliphatic carbocycles. The van der Waals surface area contributed by atoms with Crippen molar-refractivity contribution in [2.45, 2.75) is 25.8 Å². The molecule has 0 spiro atoms. The number of methoxy groups -OCH3 is 1. The summed E-state index contributed by atoms with van der Waals surface area (Å²) in [5.41, 5.74) is 1.03. The van der Waals surface area contributed by atoms with E-state index < -0.39 is 0 Å². The summed E-state index contributed by atoms with van der Waals surface area (Å²) in [5.74, 6) is 1.49. The third-order valence-corrected chi connectivity index (χ3v) is 3.02. The number of hydrogen-bond acceptors (Lipinski definition) is 5. The Balaban J connectivity index is 2.21. The Kier molecular flexibility index (Phi) is 2.96. The topological polar surface area (TPSA) is 59.1 Å². The Bertz CT molecular complexity index is 374. The summed E-state index contributed by atoms with van der Waals surface area (Å²) in [6.45, 7) is 6.16. The molecule has 16 heavy (non-hydrogen) atoms. The minimum atomic E-state index is 0.0735. The molecule has 1 atom stereocenters. The highest BCUT2D eigenvalue weighted by molar-refractivity contribution is 5.49. The van der Waals surface area contributed by atoms with E-state index in [0.717, 1.165) is 30.9 Å². The number of rotatable bonds is 3. The predicted octanol–water partition coefficient (Wildman–Crippen LogP) is 0.958. The van der Waals surface area contributed by atoms with Crippen LogP contribution < -0.4 is 15.4 Å². The second kappa shape index (κ2) is 4.25. The zero-order valence-corrected chi connectivity index (χ0v) is 10.0. The lowest BCUT2D eigenvalue weighted by molar-refractivity contribution is 0.393. The molecule has 1 saturated heterocycles. The van der Waals surface area contributed by atoms with Gasteiger partial charge in [0.05, 0.1) is 12.7 Å². The van der Waals surface area contributed by atoms with Crippen molar-refractivity contribution in [1.29, 1.82) is 0 Å². The lowest BCUT2D eigenvalue weighted by Crippen LogP contribution is -2.37. The van der Waals surface area contributed by atoms with Crippen LogP contribution in [0, 0.1) is 6.92 Å². The quantitative estimate of drug-likeness (QED) is 0.797. The van der Waals surface area contributed by atoms with Crippen LogP contribution >= 0.6 is 0 Å². The molecule has 88 valence electrons. The fourth-order valence-corrected chi connectivity index (χ4v) is 1.98. The minimum absolute atomic E-state index is 0.0735. The lowest BCUT2D eigenvalue weighted by Gasteiger charge is -2.26. The molecular weight excluding hydrogens is 204 g/mol. The van der Waals surface area contributed by atoms with Crippen molar-refractivity contribution in [1.82, 2.24) is 15.3 Å². The summed E-state index contributed by atoms with van der Waals surface area (Å²) in [7, 11) is 1.62. The standard InChI is InChI=1S/C11H18N4O/c1-8-9(13-7-14-10(8)16-3)15-11(2)4-5-12-6-11/h7,12H,4-6H2,1-3H3,(H,13,14,15). The molecule has 2 rings (SSSR count). The summed E-state index contributed by atoms with van der Waals surface area (Å²) in [5, 5.41) is 6.81. The van der Waals surface area contributed by atoms with E-state index in [2.05, 4.69) is 27.5 Å². The summed E-state index contributed by atoms with van der Waals surface area (Å²) >= 11 is 0. The number of ether oxygens (including phenoxy) is 1. The zero-order valence-electron chi connectivity index (χ0n) is 10.0. The smallest absolute Gasteiger partial charge is 0.221 e. The largest absolute Gasteiger partial charge is 0.481 e. The van der Waals surface area contributed by atoms with Crippen molar-refractivity contribution < 1.29 is 4.74 Å². The fraction of sp³-hybridized carbons (Fsp3) is 0.636. The van der Waals surface area contributed by atoms with E-state index in [-0.39, 0.29) is 5.54 Å². The maximum Gasteiger partial charge on any atom is 0.221 e. The van der Waals surface area contributed by atoms with Gasteiger partial charge in [-0.3, -0.25) is 0 Å². The van der Waals surface area contributed by atoms with Crippen LogP contribution in [-0.2, 0) is 0 Å². The van der Waals surface area contributed by atoms with Gasteiger partial charge in [-0.1, -0.05) is 0 Å². The molecule has 1 unspecified atom stereocenters. The SMILES string of the molecule is COc1ncnc(NC2(C)CCNC2)c1C. The summed E-state index contributed by atoms with van der Waals surface area (Å²) in [6.07, 6.45) is 2.62. The molecule has 1 fully saturated rings. The molecule has 0 saturated carbocycles. The van der Waals surface area contributed by atoms with Gasteiger partial charge in [0.25, 0.3) is 0 Å². The second-order valence-electron chi connectivity index (χ2n) is 4.47. The number of aromatic nitrogens is 2. The third kappa shape index (κ3) is 2.09. The number of hydrogen-bond donors (Lipinski definition) is 2. The number of nitrogens with one attached hydrogen (secondary N) is 2. The van der Waals surface area contributed by atoms with Gasteiger partial charge in [0.2, 0.25) is 5.88 Å². The number of anilines is 1. The molecular formula is C11H18N4O. The molecule has 1 aromatic heterocycles. The highest BCUT2D eigenvalue weighted by Gasteiger charge is 2.29. The van der Waals surface area contributed by atoms with Gasteiger partial charge < -0.3 is 15.4 Å². The molecule has 1 aromatic rings. The molecule has 0 amide bonds. The molecule has 0 bridgehead atoms. The van der Waals surface area contributed by atoms with E-state index in [4.69, 9.17) is 4.74 Å². The normalized spacial score (nSPS) is 24.4. The van der Waals surface area contributed by atoms with Crippen molar-refractivity contribution in [2.24, 2.45) is 0 Å². The predicted molar refractivity (Wildman–Crippen MR) is 62.8 cm³/mol. The van der Waals surface area contributed by atoms with Crippen molar-refractivity contribution in [2.75, 3.05) is 25.5 Å². The highest BCUT2D eigenvalue weighted by atomic mass is 16.5. The molecule has 0 radical (unpaired) electrons. The molecule has 5 nitrogen and oxygen atoms in total. The van der Waals surface area contributed by atoms with E-state index in [0.29, 0.717) is 5.88 Å². The molecule has 1 aliphatic rings. The van der Waals surface area contributed by atoms with Crippen LogP contribution in [0.25, 0.3) is 0 Å². The van der Waals surface area contributed by atoms with E-state index in [1.54, 1.807) is 7.11 Å². The molecule has 1 aliphatic heterocycles. The number of nitrogens with zero attached hydrogens (tertiary/aromatic N) is 2. The van der Waals surface area contributed by atoms with Gasteiger partial charge in [-0.25, -0.2) is 9.97 Å². The van der Waals surface area contributed by atoms with E-state index >= 15 is 0 Å². The maximum absolute atomic E-state index is 5.18. The van der Waals surface area contributed by atoms with Gasteiger partial charge in [-0.2, -0.15) is 0 Å². The van der Waals surface area contributed by atoms with Crippen molar-refractivity contribution in [3.8, 4) is 5.88 Å². The van der Waals surface area contributed by atoms with Crippen molar-refractivity contribution in [3.05, 3.63) is 11.9 Å². The Morgan fingerprint density at radius 3 is 2.94 bits per heavy atom. The average Bonchev–Trinajstić information content (AvgIpc) is 2.68. The van der Waals surface area contributed by atoms with Gasteiger partial charge in [0.1, 0.15) is 12.1 Å². The average molecular weight is 222 g/mol. The van der Waals surface area contributed by atoms with Crippen LogP contribution in [-0.4, -0.2) is 35.7 Å². The van der Waals surface area contributed by atoms with Gasteiger partial charge in [0.15, 0.2) is 0 Å². The minimum Gasteiger partial charge on any atom is -0.481 e. The summed E-state index contributed by atoms with van der Waals surface area (Å²) in [6, 6.07) is 0. The summed E-state index contributed by atoms with van der Waals surface area (Å²) in [4.78, 5) is 8.33. The Hall–Kier alpha value is -1.36. The Morgan fingerprint density at radius 1 is 1.50 bits per heavy atom. The van der Waals surface area contributed by atoms with Crippen LogP contribution in [0.3, 0.4) is 0 Å². The first-order chi connectivity index (χ1) is 7.64. The molecule has 0 aromatic carbocycles. The third-order valence-electron chi connectivity index (χ3n) is 3.02. The first-order valence-electron chi connectivity index (χ1n) is 5.49. The van der Waals surface area contributed by atoms with Gasteiger partial charge in [0, 0.05) is 12.1 Å². The monoisotopic (exact) mass is 222 g/mol. The highest BCUT2D eigenvalue weighted by Crippen LogP contribution is 2.25. The van der Waals surface area contributed by atoms with Gasteiger partial charge in [-0.15, -0.1) is 0 Å². The lowest BCUT2D eigenvalue weighted by atomic mass is 10.0. The first-order valence-corrected chi connectivity index (χ1v) is 5.49. The summed E-state index contributed by atoms with van der Waals surface area (Å²) < 4.78 is 5.18. The Labute approximate surface area is 95.6 Å². The molecule has 2 heterocycles. The molecule has 2 N–H and O–H groups in total. The van der Waals surface area contributed by atoms with E-state index in [1.165, 1.54) is 6.33 Å². The second-order valence-corrected chi connectivity index (χ2v) is 4.47. The van der Waals surface area contributed by atoms with Crippen LogP contribution in [0.5, 0.6) is 5.88 Å². The zero-order chi connectivity index (χ0) is 11.6. The van der Waals surface area contributed by atoms with Crippen LogP contribution in [0.1, 0.15) is 18.9 Å². The Morgan fingerprint density at radius 2 is 2.31 bits per heavy atom. The van der Waals surface area contributed by atoms with Crippen LogP contribution in [0.15, 0.2) is 6.33 Å². The molecule has 5 heteroatoms. The maximum atomic E-state index is 5.18. The van der Waals surface area contributed by atoms with Crippen LogP contribution in [0.4, 0.5) is 5.82 Å². The van der Waals surface area contributed by atoms with Gasteiger partial charge in [-0.05, 0) is 26.8 Å². The van der Waals surface area contributed by atoms with Crippen molar-refractivity contribution in [3.63, 3.8) is 0 Å². The van der Waals surface area contributed by atoms with Crippen molar-refractivity contribution >= 4 is 5.82 Å².